The van der Waals surface area contributed by atoms with Crippen LogP contribution in [0.25, 0.3) is 0 Å². The standard InChI is InChI=1S/C22H18Cl2F6N4O2/c1-11-3-13(4-12(2)17(11)9-32-33-19(35)31-10-21(25,26)27)18-8-20(36-34-18,22(28,29)30)14-5-15(23)7-16(24)6-14/h3-7,9H,8,10H2,1-2H3,(H2,31,33,35)/b32-9+. The lowest BCUT2D eigenvalue weighted by molar-refractivity contribution is -0.275. The van der Waals surface area contributed by atoms with Gasteiger partial charge in [-0.25, -0.2) is 10.2 Å². The molecule has 0 spiro atoms. The van der Waals surface area contributed by atoms with Crippen LogP contribution in [0.2, 0.25) is 10.0 Å². The minimum absolute atomic E-state index is 0.00852. The fourth-order valence-electron chi connectivity index (χ4n) is 3.57. The Bertz CT molecular complexity index is 1190. The van der Waals surface area contributed by atoms with Gasteiger partial charge < -0.3 is 10.2 Å². The van der Waals surface area contributed by atoms with E-state index in [1.165, 1.54) is 12.3 Å². The van der Waals surface area contributed by atoms with E-state index in [0.717, 1.165) is 12.1 Å². The first-order valence-electron chi connectivity index (χ1n) is 10.1. The van der Waals surface area contributed by atoms with Gasteiger partial charge in [0.1, 0.15) is 6.54 Å². The number of hydrazone groups is 1. The first-order chi connectivity index (χ1) is 16.6. The summed E-state index contributed by atoms with van der Waals surface area (Å²) in [6.07, 6.45) is -8.84. The first-order valence-corrected chi connectivity index (χ1v) is 10.9. The predicted octanol–water partition coefficient (Wildman–Crippen LogP) is 6.39. The van der Waals surface area contributed by atoms with Crippen molar-refractivity contribution < 1.29 is 36.0 Å². The number of aryl methyl sites for hydroxylation is 2. The van der Waals surface area contributed by atoms with Gasteiger partial charge in [0, 0.05) is 33.2 Å². The summed E-state index contributed by atoms with van der Waals surface area (Å²) in [5.74, 6) is 0. The zero-order chi connectivity index (χ0) is 26.9. The van der Waals surface area contributed by atoms with Gasteiger partial charge in [0.25, 0.3) is 5.60 Å². The van der Waals surface area contributed by atoms with Crippen molar-refractivity contribution in [3.05, 3.63) is 68.2 Å². The maximum Gasteiger partial charge on any atom is 0.435 e. The molecule has 0 saturated carbocycles. The Morgan fingerprint density at radius 2 is 1.67 bits per heavy atom. The number of rotatable bonds is 5. The van der Waals surface area contributed by atoms with Gasteiger partial charge in [-0.2, -0.15) is 31.4 Å². The fraction of sp³-hybridized carbons (Fsp3) is 0.318. The maximum atomic E-state index is 14.2. The lowest BCUT2D eigenvalue weighted by Gasteiger charge is -2.29. The van der Waals surface area contributed by atoms with Crippen LogP contribution in [-0.2, 0) is 10.4 Å². The first kappa shape index (κ1) is 27.6. The van der Waals surface area contributed by atoms with Crippen molar-refractivity contribution in [1.82, 2.24) is 10.7 Å². The molecule has 1 aliphatic rings. The molecular weight excluding hydrogens is 537 g/mol. The number of hydrogen-bond acceptors (Lipinski definition) is 4. The Balaban J connectivity index is 1.81. The second kappa shape index (κ2) is 10.2. The number of oxime groups is 1. The highest BCUT2D eigenvalue weighted by Crippen LogP contribution is 2.49. The number of carbonyl (C=O) groups is 1. The topological polar surface area (TPSA) is 75.1 Å². The van der Waals surface area contributed by atoms with E-state index in [4.69, 9.17) is 28.0 Å². The number of urea groups is 1. The van der Waals surface area contributed by atoms with Crippen molar-refractivity contribution in [3.63, 3.8) is 0 Å². The number of halogens is 8. The molecule has 3 rings (SSSR count). The van der Waals surface area contributed by atoms with Crippen molar-refractivity contribution in [1.29, 1.82) is 0 Å². The zero-order valence-corrected chi connectivity index (χ0v) is 20.1. The SMILES string of the molecule is Cc1cc(C2=NOC(c3cc(Cl)cc(Cl)c3)(C(F)(F)F)C2)cc(C)c1/C=N/NC(=O)NCC(F)(F)F. The highest BCUT2D eigenvalue weighted by Gasteiger charge is 2.62. The van der Waals surface area contributed by atoms with Crippen molar-refractivity contribution in [3.8, 4) is 0 Å². The molecule has 0 radical (unpaired) electrons. The van der Waals surface area contributed by atoms with Gasteiger partial charge in [-0.15, -0.1) is 0 Å². The van der Waals surface area contributed by atoms with E-state index in [1.54, 1.807) is 31.3 Å². The van der Waals surface area contributed by atoms with Crippen molar-refractivity contribution >= 4 is 41.2 Å². The van der Waals surface area contributed by atoms with Crippen LogP contribution in [0, 0.1) is 13.8 Å². The van der Waals surface area contributed by atoms with E-state index in [2.05, 4.69) is 10.3 Å². The molecule has 0 bridgehead atoms. The molecule has 2 amide bonds. The highest BCUT2D eigenvalue weighted by molar-refractivity contribution is 6.34. The van der Waals surface area contributed by atoms with E-state index < -0.39 is 37.0 Å². The van der Waals surface area contributed by atoms with Crippen molar-refractivity contribution in [2.75, 3.05) is 6.54 Å². The van der Waals surface area contributed by atoms with Gasteiger partial charge in [-0.3, -0.25) is 0 Å². The second-order valence-corrected chi connectivity index (χ2v) is 8.85. The normalized spacial score (nSPS) is 18.2. The quantitative estimate of drug-likeness (QED) is 0.255. The number of carbonyl (C=O) groups excluding carboxylic acids is 1. The summed E-state index contributed by atoms with van der Waals surface area (Å²) in [5.41, 5.74) is 0.839. The molecular formula is C22H18Cl2F6N4O2. The summed E-state index contributed by atoms with van der Waals surface area (Å²) in [7, 11) is 0. The summed E-state index contributed by atoms with van der Waals surface area (Å²) in [6, 6.07) is 5.49. The Morgan fingerprint density at radius 1 is 1.08 bits per heavy atom. The van der Waals surface area contributed by atoms with Gasteiger partial charge >= 0.3 is 18.4 Å². The average molecular weight is 555 g/mol. The number of amides is 2. The monoisotopic (exact) mass is 554 g/mol. The smallest absolute Gasteiger partial charge is 0.374 e. The van der Waals surface area contributed by atoms with Gasteiger partial charge in [0.05, 0.1) is 11.9 Å². The van der Waals surface area contributed by atoms with E-state index >= 15 is 0 Å². The van der Waals surface area contributed by atoms with Crippen LogP contribution < -0.4 is 10.7 Å². The number of hydrogen-bond donors (Lipinski definition) is 2. The molecule has 0 saturated heterocycles. The maximum absolute atomic E-state index is 14.2. The molecule has 2 N–H and O–H groups in total. The fourth-order valence-corrected chi connectivity index (χ4v) is 4.09. The average Bonchev–Trinajstić information content (AvgIpc) is 3.20. The highest BCUT2D eigenvalue weighted by atomic mass is 35.5. The van der Waals surface area contributed by atoms with Gasteiger partial charge in [-0.1, -0.05) is 28.4 Å². The van der Waals surface area contributed by atoms with Gasteiger partial charge in [0.15, 0.2) is 0 Å². The summed E-state index contributed by atoms with van der Waals surface area (Å²) in [4.78, 5) is 16.4. The van der Waals surface area contributed by atoms with Gasteiger partial charge in [-0.05, 0) is 55.3 Å². The molecule has 0 aliphatic carbocycles. The minimum atomic E-state index is -4.85. The summed E-state index contributed by atoms with van der Waals surface area (Å²) in [5, 5.41) is 8.95. The molecule has 0 aromatic heterocycles. The molecule has 1 atom stereocenters. The van der Waals surface area contributed by atoms with Crippen molar-refractivity contribution in [2.45, 2.75) is 38.2 Å². The third-order valence-electron chi connectivity index (χ3n) is 5.25. The molecule has 1 heterocycles. The third kappa shape index (κ3) is 6.22. The van der Waals surface area contributed by atoms with E-state index in [-0.39, 0.29) is 21.3 Å². The summed E-state index contributed by atoms with van der Waals surface area (Å²) >= 11 is 11.8. The van der Waals surface area contributed by atoms with E-state index in [9.17, 15) is 31.1 Å². The number of nitrogens with zero attached hydrogens (tertiary/aromatic N) is 2. The molecule has 14 heteroatoms. The summed E-state index contributed by atoms with van der Waals surface area (Å²) in [6.45, 7) is 1.77. The van der Waals surface area contributed by atoms with E-state index in [0.29, 0.717) is 22.3 Å². The Morgan fingerprint density at radius 3 is 2.19 bits per heavy atom. The van der Waals surface area contributed by atoms with Crippen LogP contribution in [0.5, 0.6) is 0 Å². The summed E-state index contributed by atoms with van der Waals surface area (Å²) < 4.78 is 79.0. The Kier molecular flexibility index (Phi) is 7.80. The molecule has 0 fully saturated rings. The van der Waals surface area contributed by atoms with Crippen LogP contribution in [-0.4, -0.2) is 36.9 Å². The van der Waals surface area contributed by atoms with Crippen LogP contribution in [0.4, 0.5) is 31.1 Å². The molecule has 2 aromatic rings. The lowest BCUT2D eigenvalue weighted by atomic mass is 9.85. The lowest BCUT2D eigenvalue weighted by Crippen LogP contribution is -2.42. The van der Waals surface area contributed by atoms with E-state index in [1.807, 2.05) is 5.43 Å². The van der Waals surface area contributed by atoms with Crippen LogP contribution in [0.3, 0.4) is 0 Å². The molecule has 1 unspecified atom stereocenters. The minimum Gasteiger partial charge on any atom is -0.374 e. The van der Waals surface area contributed by atoms with Crippen LogP contribution in [0.15, 0.2) is 40.6 Å². The Hall–Kier alpha value is -2.99. The van der Waals surface area contributed by atoms with Crippen LogP contribution >= 0.6 is 23.2 Å². The zero-order valence-electron chi connectivity index (χ0n) is 18.6. The van der Waals surface area contributed by atoms with Crippen LogP contribution in [0.1, 0.15) is 34.2 Å². The van der Waals surface area contributed by atoms with Crippen molar-refractivity contribution in [2.24, 2.45) is 10.3 Å². The largest absolute Gasteiger partial charge is 0.435 e. The number of nitrogens with one attached hydrogen (secondary N) is 2. The predicted molar refractivity (Wildman–Crippen MR) is 123 cm³/mol. The Labute approximate surface area is 211 Å². The van der Waals surface area contributed by atoms with Gasteiger partial charge in [0.2, 0.25) is 0 Å². The molecule has 36 heavy (non-hydrogen) atoms. The number of benzene rings is 2. The second-order valence-electron chi connectivity index (χ2n) is 7.98. The molecule has 194 valence electrons. The molecule has 1 aliphatic heterocycles. The molecule has 6 nitrogen and oxygen atoms in total. The number of alkyl halides is 6. The molecule has 2 aromatic carbocycles. The third-order valence-corrected chi connectivity index (χ3v) is 5.69.